The van der Waals surface area contributed by atoms with E-state index in [4.69, 9.17) is 9.05 Å². The zero-order valence-electron chi connectivity index (χ0n) is 14.8. The third-order valence-corrected chi connectivity index (χ3v) is 6.49. The Morgan fingerprint density at radius 1 is 0.840 bits per heavy atom. The summed E-state index contributed by atoms with van der Waals surface area (Å²) in [5.41, 5.74) is 1.06. The molecule has 2 rings (SSSR count). The third kappa shape index (κ3) is 4.63. The number of phenolic OH excluding ortho intramolecular Hbond substituents is 2. The Balaban J connectivity index is 2.53. The predicted molar refractivity (Wildman–Crippen MR) is 98.4 cm³/mol. The average molecular weight is 364 g/mol. The summed E-state index contributed by atoms with van der Waals surface area (Å²) in [6.07, 6.45) is 0.150. The van der Waals surface area contributed by atoms with Crippen molar-refractivity contribution in [3.63, 3.8) is 0 Å². The van der Waals surface area contributed by atoms with Crippen LogP contribution in [0.4, 0.5) is 0 Å². The Morgan fingerprint density at radius 3 is 1.52 bits per heavy atom. The van der Waals surface area contributed by atoms with Gasteiger partial charge in [0, 0.05) is 5.41 Å². The highest BCUT2D eigenvalue weighted by Crippen LogP contribution is 2.54. The molecule has 0 aromatic heterocycles. The second-order valence-corrected chi connectivity index (χ2v) is 8.08. The van der Waals surface area contributed by atoms with Gasteiger partial charge in [0.1, 0.15) is 11.5 Å². The summed E-state index contributed by atoms with van der Waals surface area (Å²) in [7, 11) is -3.32. The van der Waals surface area contributed by atoms with Crippen LogP contribution in [-0.4, -0.2) is 29.6 Å². The van der Waals surface area contributed by atoms with Gasteiger partial charge >= 0.3 is 7.60 Å². The number of rotatable bonds is 8. The Bertz CT molecular complexity index is 669. The van der Waals surface area contributed by atoms with Crippen LogP contribution >= 0.6 is 7.60 Å². The van der Waals surface area contributed by atoms with Crippen LogP contribution in [0.3, 0.4) is 0 Å². The summed E-state index contributed by atoms with van der Waals surface area (Å²) in [5, 5.41) is 19.2. The van der Waals surface area contributed by atoms with Crippen molar-refractivity contribution in [1.29, 1.82) is 0 Å². The molecule has 0 saturated heterocycles. The van der Waals surface area contributed by atoms with Crippen molar-refractivity contribution >= 4 is 7.60 Å². The summed E-state index contributed by atoms with van der Waals surface area (Å²) >= 11 is 0. The van der Waals surface area contributed by atoms with Gasteiger partial charge in [-0.05, 0) is 49.2 Å². The number of benzene rings is 2. The highest BCUT2D eigenvalue weighted by atomic mass is 31.2. The maximum absolute atomic E-state index is 13.2. The first-order valence-corrected chi connectivity index (χ1v) is 10.0. The van der Waals surface area contributed by atoms with E-state index in [1.807, 2.05) is 6.92 Å². The van der Waals surface area contributed by atoms with E-state index in [1.165, 1.54) is 0 Å². The van der Waals surface area contributed by atoms with Gasteiger partial charge in [-0.15, -0.1) is 0 Å². The minimum absolute atomic E-state index is 0.150. The van der Waals surface area contributed by atoms with E-state index >= 15 is 0 Å². The first-order valence-electron chi connectivity index (χ1n) is 8.30. The van der Waals surface area contributed by atoms with Gasteiger partial charge in [0.25, 0.3) is 0 Å². The summed E-state index contributed by atoms with van der Waals surface area (Å²) in [4.78, 5) is 0. The fourth-order valence-electron chi connectivity index (χ4n) is 2.92. The van der Waals surface area contributed by atoms with Gasteiger partial charge in [0.05, 0.1) is 19.4 Å². The molecule has 0 fully saturated rings. The zero-order valence-corrected chi connectivity index (χ0v) is 15.7. The molecule has 0 amide bonds. The molecule has 0 aliphatic carbocycles. The van der Waals surface area contributed by atoms with Crippen LogP contribution in [0.5, 0.6) is 11.5 Å². The molecule has 0 aliphatic rings. The molecule has 0 spiro atoms. The van der Waals surface area contributed by atoms with Gasteiger partial charge < -0.3 is 19.3 Å². The molecule has 0 atom stereocenters. The van der Waals surface area contributed by atoms with Crippen LogP contribution in [0, 0.1) is 0 Å². The molecule has 0 heterocycles. The van der Waals surface area contributed by atoms with E-state index in [1.54, 1.807) is 62.4 Å². The third-order valence-electron chi connectivity index (χ3n) is 4.17. The van der Waals surface area contributed by atoms with Gasteiger partial charge in [-0.25, -0.2) is 0 Å². The van der Waals surface area contributed by atoms with Crippen molar-refractivity contribution in [3.8, 4) is 11.5 Å². The molecule has 2 aromatic rings. The number of phenols is 2. The van der Waals surface area contributed by atoms with Crippen LogP contribution in [0.25, 0.3) is 0 Å². The minimum atomic E-state index is -3.32. The fraction of sp³-hybridized carbons (Fsp3) is 0.368. The molecule has 0 aliphatic heterocycles. The molecule has 136 valence electrons. The maximum Gasteiger partial charge on any atom is 0.331 e. The molecule has 25 heavy (non-hydrogen) atoms. The van der Waals surface area contributed by atoms with Gasteiger partial charge in [0.2, 0.25) is 0 Å². The van der Waals surface area contributed by atoms with E-state index in [-0.39, 0.29) is 17.7 Å². The molecular formula is C19H25O5P. The maximum atomic E-state index is 13.2. The summed E-state index contributed by atoms with van der Waals surface area (Å²) in [6.45, 7) is 6.10. The molecule has 0 saturated carbocycles. The smallest absolute Gasteiger partial charge is 0.331 e. The van der Waals surface area contributed by atoms with Crippen molar-refractivity contribution in [2.45, 2.75) is 26.2 Å². The lowest BCUT2D eigenvalue weighted by Gasteiger charge is -2.34. The highest BCUT2D eigenvalue weighted by Gasteiger charge is 2.39. The molecule has 2 N–H and O–H groups in total. The Kier molecular flexibility index (Phi) is 6.28. The summed E-state index contributed by atoms with van der Waals surface area (Å²) in [6, 6.07) is 13.6. The van der Waals surface area contributed by atoms with E-state index in [9.17, 15) is 14.8 Å². The quantitative estimate of drug-likeness (QED) is 0.666. The van der Waals surface area contributed by atoms with E-state index in [0.29, 0.717) is 13.2 Å². The lowest BCUT2D eigenvalue weighted by Crippen LogP contribution is -2.29. The molecule has 6 heteroatoms. The number of hydrogen-bond donors (Lipinski definition) is 2. The van der Waals surface area contributed by atoms with Crippen LogP contribution in [-0.2, 0) is 19.0 Å². The Morgan fingerprint density at radius 2 is 1.20 bits per heavy atom. The predicted octanol–water partition coefficient (Wildman–Crippen LogP) is 4.67. The van der Waals surface area contributed by atoms with Crippen LogP contribution in [0.2, 0.25) is 0 Å². The molecule has 0 unspecified atom stereocenters. The number of hydrogen-bond acceptors (Lipinski definition) is 5. The van der Waals surface area contributed by atoms with Crippen LogP contribution < -0.4 is 0 Å². The van der Waals surface area contributed by atoms with Crippen molar-refractivity contribution in [2.75, 3.05) is 19.4 Å². The topological polar surface area (TPSA) is 76.0 Å². The average Bonchev–Trinajstić information content (AvgIpc) is 2.56. The second kappa shape index (κ2) is 8.05. The normalized spacial score (nSPS) is 12.3. The van der Waals surface area contributed by atoms with Gasteiger partial charge in [0.15, 0.2) is 0 Å². The van der Waals surface area contributed by atoms with Gasteiger partial charge in [-0.2, -0.15) is 0 Å². The SMILES string of the molecule is CCOP(=O)(CC(C)(c1ccc(O)cc1)c1ccc(O)cc1)OCC. The fourth-order valence-corrected chi connectivity index (χ4v) is 5.10. The molecule has 5 nitrogen and oxygen atoms in total. The van der Waals surface area contributed by atoms with E-state index in [2.05, 4.69) is 0 Å². The largest absolute Gasteiger partial charge is 0.508 e. The second-order valence-electron chi connectivity index (χ2n) is 6.03. The highest BCUT2D eigenvalue weighted by molar-refractivity contribution is 7.53. The Labute approximate surface area is 148 Å². The molecule has 0 bridgehead atoms. The standard InChI is InChI=1S/C19H25O5P/c1-4-23-25(22,24-5-2)14-19(3,15-6-10-17(20)11-7-15)16-8-12-18(21)13-9-16/h6-13,20-21H,4-5,14H2,1-3H3. The molecule has 0 radical (unpaired) electrons. The molecular weight excluding hydrogens is 339 g/mol. The van der Waals surface area contributed by atoms with E-state index in [0.717, 1.165) is 11.1 Å². The monoisotopic (exact) mass is 364 g/mol. The van der Waals surface area contributed by atoms with Crippen molar-refractivity contribution < 1.29 is 23.8 Å². The molecule has 2 aromatic carbocycles. The zero-order chi connectivity index (χ0) is 18.5. The van der Waals surface area contributed by atoms with Gasteiger partial charge in [-0.3, -0.25) is 4.57 Å². The first-order chi connectivity index (χ1) is 11.8. The Hall–Kier alpha value is -1.81. The van der Waals surface area contributed by atoms with Crippen molar-refractivity contribution in [1.82, 2.24) is 0 Å². The van der Waals surface area contributed by atoms with Crippen LogP contribution in [0.15, 0.2) is 48.5 Å². The lowest BCUT2D eigenvalue weighted by molar-refractivity contribution is 0.216. The van der Waals surface area contributed by atoms with Crippen molar-refractivity contribution in [2.24, 2.45) is 0 Å². The number of aromatic hydroxyl groups is 2. The summed E-state index contributed by atoms with van der Waals surface area (Å²) in [5.74, 6) is 0.323. The first kappa shape index (κ1) is 19.5. The van der Waals surface area contributed by atoms with E-state index < -0.39 is 13.0 Å². The van der Waals surface area contributed by atoms with Crippen LogP contribution in [0.1, 0.15) is 31.9 Å². The summed E-state index contributed by atoms with van der Waals surface area (Å²) < 4.78 is 24.1. The van der Waals surface area contributed by atoms with Crippen molar-refractivity contribution in [3.05, 3.63) is 59.7 Å². The minimum Gasteiger partial charge on any atom is -0.508 e. The lowest BCUT2D eigenvalue weighted by atomic mass is 9.78. The van der Waals surface area contributed by atoms with Gasteiger partial charge in [-0.1, -0.05) is 31.2 Å².